The van der Waals surface area contributed by atoms with E-state index in [9.17, 15) is 9.59 Å². The Bertz CT molecular complexity index is 173. The summed E-state index contributed by atoms with van der Waals surface area (Å²) in [6, 6.07) is 0. The Balaban J connectivity index is 3.91. The van der Waals surface area contributed by atoms with Crippen molar-refractivity contribution in [3.63, 3.8) is 0 Å². The van der Waals surface area contributed by atoms with E-state index in [4.69, 9.17) is 0 Å². The van der Waals surface area contributed by atoms with Gasteiger partial charge in [0.05, 0.1) is 0 Å². The monoisotopic (exact) mass is 138 g/mol. The molecule has 0 fully saturated rings. The number of carbonyl (C=O) groups is 2. The minimum absolute atomic E-state index is 0.179. The maximum atomic E-state index is 10.5. The first-order valence-electron chi connectivity index (χ1n) is 3.28. The van der Waals surface area contributed by atoms with E-state index in [1.165, 1.54) is 0 Å². The Kier molecular flexibility index (Phi) is 4.23. The highest BCUT2D eigenvalue weighted by atomic mass is 16.1. The van der Waals surface area contributed by atoms with Gasteiger partial charge in [-0.15, -0.1) is 0 Å². The summed E-state index contributed by atoms with van der Waals surface area (Å²) in [7, 11) is 0. The van der Waals surface area contributed by atoms with E-state index in [0.717, 1.165) is 0 Å². The summed E-state index contributed by atoms with van der Waals surface area (Å²) in [6.45, 7) is 3.43. The maximum Gasteiger partial charge on any atom is 0.205 e. The molecule has 0 aromatic carbocycles. The minimum atomic E-state index is -0.179. The highest BCUT2D eigenvalue weighted by molar-refractivity contribution is 6.04. The Hall–Kier alpha value is -1.10. The van der Waals surface area contributed by atoms with Crippen molar-refractivity contribution in [2.75, 3.05) is 0 Å². The standard InChI is InChI=1S/C8H10O2/c1-3-7(9)5-6-8(10)4-2/h3-4H2,1-2H3. The fourth-order valence-corrected chi connectivity index (χ4v) is 0.316. The van der Waals surface area contributed by atoms with E-state index >= 15 is 0 Å². The average molecular weight is 138 g/mol. The van der Waals surface area contributed by atoms with Crippen LogP contribution in [0.15, 0.2) is 0 Å². The zero-order chi connectivity index (χ0) is 7.98. The summed E-state index contributed by atoms with van der Waals surface area (Å²) in [4.78, 5) is 21.0. The molecule has 0 spiro atoms. The van der Waals surface area contributed by atoms with Crippen molar-refractivity contribution in [2.45, 2.75) is 26.7 Å². The van der Waals surface area contributed by atoms with Crippen LogP contribution in [0.5, 0.6) is 0 Å². The Morgan fingerprint density at radius 2 is 1.30 bits per heavy atom. The second-order valence-electron chi connectivity index (χ2n) is 1.80. The highest BCUT2D eigenvalue weighted by Crippen LogP contribution is 1.79. The molecule has 0 atom stereocenters. The zero-order valence-electron chi connectivity index (χ0n) is 6.23. The number of hydrogen-bond donors (Lipinski definition) is 0. The van der Waals surface area contributed by atoms with Gasteiger partial charge in [0.25, 0.3) is 0 Å². The van der Waals surface area contributed by atoms with Gasteiger partial charge in [-0.2, -0.15) is 0 Å². The first-order valence-corrected chi connectivity index (χ1v) is 3.28. The van der Waals surface area contributed by atoms with Gasteiger partial charge in [0.2, 0.25) is 11.6 Å². The predicted molar refractivity (Wildman–Crippen MR) is 38.4 cm³/mol. The summed E-state index contributed by atoms with van der Waals surface area (Å²) in [5.41, 5.74) is 0. The van der Waals surface area contributed by atoms with Gasteiger partial charge in [-0.1, -0.05) is 13.8 Å². The van der Waals surface area contributed by atoms with E-state index in [2.05, 4.69) is 11.8 Å². The molecule has 0 unspecified atom stereocenters. The lowest BCUT2D eigenvalue weighted by Crippen LogP contribution is -1.93. The maximum absolute atomic E-state index is 10.5. The molecule has 0 bridgehead atoms. The third kappa shape index (κ3) is 3.85. The molecule has 0 saturated carbocycles. The number of carbonyl (C=O) groups excluding carboxylic acids is 2. The van der Waals surface area contributed by atoms with Crippen LogP contribution in [0.4, 0.5) is 0 Å². The highest BCUT2D eigenvalue weighted by Gasteiger charge is 1.91. The van der Waals surface area contributed by atoms with Crippen LogP contribution in [0.25, 0.3) is 0 Å². The number of hydrogen-bond acceptors (Lipinski definition) is 2. The third-order valence-electron chi connectivity index (χ3n) is 0.984. The van der Waals surface area contributed by atoms with Gasteiger partial charge in [-0.3, -0.25) is 9.59 Å². The van der Waals surface area contributed by atoms with E-state index < -0.39 is 0 Å². The fraction of sp³-hybridized carbons (Fsp3) is 0.500. The quantitative estimate of drug-likeness (QED) is 0.420. The number of rotatable bonds is 2. The predicted octanol–water partition coefficient (Wildman–Crippen LogP) is 0.948. The van der Waals surface area contributed by atoms with Crippen LogP contribution >= 0.6 is 0 Å². The molecule has 54 valence electrons. The largest absolute Gasteiger partial charge is 0.285 e. The second-order valence-corrected chi connectivity index (χ2v) is 1.80. The molecule has 0 saturated heterocycles. The van der Waals surface area contributed by atoms with Gasteiger partial charge in [0.1, 0.15) is 0 Å². The molecule has 0 aromatic rings. The van der Waals surface area contributed by atoms with E-state index in [-0.39, 0.29) is 11.6 Å². The normalized spacial score (nSPS) is 7.80. The van der Waals surface area contributed by atoms with Crippen LogP contribution in [0.1, 0.15) is 26.7 Å². The van der Waals surface area contributed by atoms with Crippen molar-refractivity contribution < 1.29 is 9.59 Å². The number of Topliss-reactive ketones (excluding diaryl/α,β-unsaturated/α-hetero) is 2. The van der Waals surface area contributed by atoms with Crippen LogP contribution < -0.4 is 0 Å². The molecule has 0 aliphatic heterocycles. The molecule has 0 N–H and O–H groups in total. The Labute approximate surface area is 60.6 Å². The van der Waals surface area contributed by atoms with Crippen molar-refractivity contribution in [3.05, 3.63) is 0 Å². The van der Waals surface area contributed by atoms with Crippen molar-refractivity contribution in [1.29, 1.82) is 0 Å². The van der Waals surface area contributed by atoms with Crippen molar-refractivity contribution in [2.24, 2.45) is 0 Å². The third-order valence-corrected chi connectivity index (χ3v) is 0.984. The molecular weight excluding hydrogens is 128 g/mol. The van der Waals surface area contributed by atoms with Crippen molar-refractivity contribution in [3.8, 4) is 11.8 Å². The van der Waals surface area contributed by atoms with Crippen LogP contribution in [0, 0.1) is 11.8 Å². The lowest BCUT2D eigenvalue weighted by Gasteiger charge is -1.79. The zero-order valence-corrected chi connectivity index (χ0v) is 6.23. The molecule has 0 amide bonds. The van der Waals surface area contributed by atoms with E-state index in [1.807, 2.05) is 0 Å². The summed E-state index contributed by atoms with van der Waals surface area (Å²) >= 11 is 0. The van der Waals surface area contributed by atoms with Gasteiger partial charge in [0, 0.05) is 12.8 Å². The van der Waals surface area contributed by atoms with Gasteiger partial charge in [-0.05, 0) is 11.8 Å². The first kappa shape index (κ1) is 8.90. The van der Waals surface area contributed by atoms with E-state index in [0.29, 0.717) is 12.8 Å². The molecule has 10 heavy (non-hydrogen) atoms. The van der Waals surface area contributed by atoms with Crippen LogP contribution in [-0.2, 0) is 9.59 Å². The Morgan fingerprint density at radius 1 is 1.00 bits per heavy atom. The molecule has 0 radical (unpaired) electrons. The van der Waals surface area contributed by atoms with Gasteiger partial charge < -0.3 is 0 Å². The molecule has 0 rings (SSSR count). The summed E-state index contributed by atoms with van der Waals surface area (Å²) in [5, 5.41) is 0. The lowest BCUT2D eigenvalue weighted by atomic mass is 10.2. The molecule has 2 heteroatoms. The summed E-state index contributed by atoms with van der Waals surface area (Å²) in [5.74, 6) is 4.13. The first-order chi connectivity index (χ1) is 4.70. The van der Waals surface area contributed by atoms with Crippen LogP contribution in [0.3, 0.4) is 0 Å². The molecule has 0 aromatic heterocycles. The molecule has 0 aliphatic carbocycles. The van der Waals surface area contributed by atoms with Crippen molar-refractivity contribution >= 4 is 11.6 Å². The van der Waals surface area contributed by atoms with E-state index in [1.54, 1.807) is 13.8 Å². The Morgan fingerprint density at radius 3 is 1.50 bits per heavy atom. The number of ketones is 2. The molecular formula is C8H10O2. The molecule has 0 aliphatic rings. The summed E-state index contributed by atoms with van der Waals surface area (Å²) < 4.78 is 0. The van der Waals surface area contributed by atoms with Crippen molar-refractivity contribution in [1.82, 2.24) is 0 Å². The van der Waals surface area contributed by atoms with Gasteiger partial charge in [-0.25, -0.2) is 0 Å². The fourth-order valence-electron chi connectivity index (χ4n) is 0.316. The minimum Gasteiger partial charge on any atom is -0.285 e. The molecule has 2 nitrogen and oxygen atoms in total. The summed E-state index contributed by atoms with van der Waals surface area (Å²) in [6.07, 6.45) is 0.758. The van der Waals surface area contributed by atoms with Gasteiger partial charge in [0.15, 0.2) is 0 Å². The molecule has 0 heterocycles. The smallest absolute Gasteiger partial charge is 0.205 e. The lowest BCUT2D eigenvalue weighted by molar-refractivity contribution is -0.115. The van der Waals surface area contributed by atoms with Crippen LogP contribution in [-0.4, -0.2) is 11.6 Å². The average Bonchev–Trinajstić information content (AvgIpc) is 1.99. The SMILES string of the molecule is CCC(=O)C#CC(=O)CC. The topological polar surface area (TPSA) is 34.1 Å². The second kappa shape index (κ2) is 4.75. The van der Waals surface area contributed by atoms with Gasteiger partial charge >= 0.3 is 0 Å². The van der Waals surface area contributed by atoms with Crippen LogP contribution in [0.2, 0.25) is 0 Å².